The van der Waals surface area contributed by atoms with Crippen molar-refractivity contribution in [3.05, 3.63) is 29.3 Å². The van der Waals surface area contributed by atoms with Gasteiger partial charge in [-0.05, 0) is 30.5 Å². The first-order valence-corrected chi connectivity index (χ1v) is 7.89. The molecule has 0 N–H and O–H groups in total. The standard InChI is InChI=1S/C16H25BrO/c1-4-5-6-7-8-9-15(17)14-10-11-16(18-3)13(2)12-14/h10-12,15H,4-9H2,1-3H3. The first kappa shape index (κ1) is 15.6. The van der Waals surface area contributed by atoms with Crippen LogP contribution in [-0.4, -0.2) is 7.11 Å². The molecule has 0 heterocycles. The van der Waals surface area contributed by atoms with Crippen molar-refractivity contribution in [2.75, 3.05) is 7.11 Å². The van der Waals surface area contributed by atoms with Gasteiger partial charge in [0.05, 0.1) is 7.11 Å². The molecule has 0 saturated heterocycles. The van der Waals surface area contributed by atoms with Gasteiger partial charge < -0.3 is 4.74 Å². The number of unbranched alkanes of at least 4 members (excludes halogenated alkanes) is 4. The molecule has 0 aliphatic carbocycles. The second-order valence-electron chi connectivity index (χ2n) is 4.90. The molecule has 102 valence electrons. The Morgan fingerprint density at radius 2 is 1.89 bits per heavy atom. The van der Waals surface area contributed by atoms with E-state index < -0.39 is 0 Å². The van der Waals surface area contributed by atoms with E-state index >= 15 is 0 Å². The second kappa shape index (κ2) is 8.58. The summed E-state index contributed by atoms with van der Waals surface area (Å²) in [7, 11) is 1.72. The molecule has 1 unspecified atom stereocenters. The molecule has 1 aromatic carbocycles. The quantitative estimate of drug-likeness (QED) is 0.435. The highest BCUT2D eigenvalue weighted by molar-refractivity contribution is 9.09. The van der Waals surface area contributed by atoms with Crippen molar-refractivity contribution in [1.82, 2.24) is 0 Å². The van der Waals surface area contributed by atoms with Crippen LogP contribution >= 0.6 is 15.9 Å². The molecule has 0 fully saturated rings. The summed E-state index contributed by atoms with van der Waals surface area (Å²) in [5.41, 5.74) is 2.58. The molecule has 1 aromatic rings. The zero-order valence-electron chi connectivity index (χ0n) is 11.8. The molecule has 0 amide bonds. The number of ether oxygens (including phenoxy) is 1. The molecular weight excluding hydrogens is 288 g/mol. The van der Waals surface area contributed by atoms with Crippen molar-refractivity contribution in [1.29, 1.82) is 0 Å². The number of methoxy groups -OCH3 is 1. The lowest BCUT2D eigenvalue weighted by molar-refractivity contribution is 0.411. The Balaban J connectivity index is 2.41. The lowest BCUT2D eigenvalue weighted by Gasteiger charge is -2.12. The minimum Gasteiger partial charge on any atom is -0.496 e. The Morgan fingerprint density at radius 1 is 1.17 bits per heavy atom. The molecule has 2 heteroatoms. The van der Waals surface area contributed by atoms with Crippen LogP contribution in [0.3, 0.4) is 0 Å². The number of hydrogen-bond donors (Lipinski definition) is 0. The summed E-state index contributed by atoms with van der Waals surface area (Å²) in [6, 6.07) is 6.46. The van der Waals surface area contributed by atoms with Gasteiger partial charge in [0, 0.05) is 4.83 Å². The summed E-state index contributed by atoms with van der Waals surface area (Å²) in [5, 5.41) is 0. The van der Waals surface area contributed by atoms with E-state index in [-0.39, 0.29) is 0 Å². The maximum absolute atomic E-state index is 5.29. The molecule has 0 bridgehead atoms. The summed E-state index contributed by atoms with van der Waals surface area (Å²) >= 11 is 3.79. The monoisotopic (exact) mass is 312 g/mol. The minimum atomic E-state index is 0.476. The number of alkyl halides is 1. The Labute approximate surface area is 120 Å². The fourth-order valence-corrected chi connectivity index (χ4v) is 2.80. The predicted molar refractivity (Wildman–Crippen MR) is 82.8 cm³/mol. The number of aryl methyl sites for hydroxylation is 1. The zero-order valence-corrected chi connectivity index (χ0v) is 13.4. The minimum absolute atomic E-state index is 0.476. The van der Waals surface area contributed by atoms with Crippen LogP contribution in [0.4, 0.5) is 0 Å². The van der Waals surface area contributed by atoms with E-state index in [1.54, 1.807) is 7.11 Å². The van der Waals surface area contributed by atoms with Gasteiger partial charge in [0.15, 0.2) is 0 Å². The molecular formula is C16H25BrO. The molecule has 0 saturated carbocycles. The Morgan fingerprint density at radius 3 is 2.50 bits per heavy atom. The highest BCUT2D eigenvalue weighted by Gasteiger charge is 2.09. The van der Waals surface area contributed by atoms with Crippen LogP contribution in [0.2, 0.25) is 0 Å². The largest absolute Gasteiger partial charge is 0.496 e. The summed E-state index contributed by atoms with van der Waals surface area (Å²) in [6.45, 7) is 4.36. The van der Waals surface area contributed by atoms with E-state index in [1.807, 2.05) is 0 Å². The van der Waals surface area contributed by atoms with Crippen molar-refractivity contribution < 1.29 is 4.74 Å². The van der Waals surface area contributed by atoms with Crippen molar-refractivity contribution in [3.63, 3.8) is 0 Å². The van der Waals surface area contributed by atoms with Gasteiger partial charge in [-0.3, -0.25) is 0 Å². The number of halogens is 1. The summed E-state index contributed by atoms with van der Waals surface area (Å²) in [4.78, 5) is 0.476. The summed E-state index contributed by atoms with van der Waals surface area (Å²) in [5.74, 6) is 0.974. The third-order valence-corrected chi connectivity index (χ3v) is 4.33. The molecule has 0 spiro atoms. The molecule has 1 atom stereocenters. The normalized spacial score (nSPS) is 12.4. The summed E-state index contributed by atoms with van der Waals surface area (Å²) in [6.07, 6.45) is 7.93. The molecule has 0 aliphatic rings. The van der Waals surface area contributed by atoms with Crippen LogP contribution in [-0.2, 0) is 0 Å². The van der Waals surface area contributed by atoms with Crippen LogP contribution in [0.15, 0.2) is 18.2 Å². The Bertz CT molecular complexity index is 349. The number of rotatable bonds is 8. The van der Waals surface area contributed by atoms with Crippen LogP contribution in [0.5, 0.6) is 5.75 Å². The average Bonchev–Trinajstić information content (AvgIpc) is 2.38. The second-order valence-corrected chi connectivity index (χ2v) is 6.00. The number of benzene rings is 1. The van der Waals surface area contributed by atoms with Gasteiger partial charge >= 0.3 is 0 Å². The summed E-state index contributed by atoms with van der Waals surface area (Å²) < 4.78 is 5.29. The van der Waals surface area contributed by atoms with E-state index in [1.165, 1.54) is 49.7 Å². The van der Waals surface area contributed by atoms with Gasteiger partial charge in [-0.15, -0.1) is 0 Å². The van der Waals surface area contributed by atoms with Crippen LogP contribution in [0.1, 0.15) is 61.4 Å². The molecule has 0 aliphatic heterocycles. The first-order valence-electron chi connectivity index (χ1n) is 6.97. The average molecular weight is 313 g/mol. The molecule has 1 nitrogen and oxygen atoms in total. The molecule has 0 aromatic heterocycles. The lowest BCUT2D eigenvalue weighted by atomic mass is 10.0. The Kier molecular flexibility index (Phi) is 7.41. The van der Waals surface area contributed by atoms with Crippen LogP contribution < -0.4 is 4.74 Å². The molecule has 0 radical (unpaired) electrons. The van der Waals surface area contributed by atoms with Gasteiger partial charge in [0.1, 0.15) is 5.75 Å². The first-order chi connectivity index (χ1) is 8.69. The maximum Gasteiger partial charge on any atom is 0.121 e. The highest BCUT2D eigenvalue weighted by Crippen LogP contribution is 2.31. The van der Waals surface area contributed by atoms with Crippen molar-refractivity contribution in [2.45, 2.75) is 57.2 Å². The predicted octanol–water partition coefficient (Wildman–Crippen LogP) is 5.80. The van der Waals surface area contributed by atoms with Gasteiger partial charge in [-0.2, -0.15) is 0 Å². The van der Waals surface area contributed by atoms with E-state index in [9.17, 15) is 0 Å². The zero-order chi connectivity index (χ0) is 13.4. The maximum atomic E-state index is 5.29. The van der Waals surface area contributed by atoms with Crippen molar-refractivity contribution >= 4 is 15.9 Å². The van der Waals surface area contributed by atoms with E-state index in [2.05, 4.69) is 48.0 Å². The van der Waals surface area contributed by atoms with Gasteiger partial charge in [-0.25, -0.2) is 0 Å². The highest BCUT2D eigenvalue weighted by atomic mass is 79.9. The smallest absolute Gasteiger partial charge is 0.121 e. The SMILES string of the molecule is CCCCCCCC(Br)c1ccc(OC)c(C)c1. The molecule has 1 rings (SSSR count). The fraction of sp³-hybridized carbons (Fsp3) is 0.625. The van der Waals surface area contributed by atoms with Crippen LogP contribution in [0, 0.1) is 6.92 Å². The topological polar surface area (TPSA) is 9.23 Å². The van der Waals surface area contributed by atoms with Crippen molar-refractivity contribution in [2.24, 2.45) is 0 Å². The number of hydrogen-bond acceptors (Lipinski definition) is 1. The fourth-order valence-electron chi connectivity index (χ4n) is 2.19. The third-order valence-electron chi connectivity index (χ3n) is 3.34. The molecule has 18 heavy (non-hydrogen) atoms. The van der Waals surface area contributed by atoms with Gasteiger partial charge in [-0.1, -0.05) is 67.1 Å². The van der Waals surface area contributed by atoms with Gasteiger partial charge in [0.25, 0.3) is 0 Å². The van der Waals surface area contributed by atoms with Crippen LogP contribution in [0.25, 0.3) is 0 Å². The van der Waals surface area contributed by atoms with Gasteiger partial charge in [0.2, 0.25) is 0 Å². The van der Waals surface area contributed by atoms with E-state index in [0.717, 1.165) is 5.75 Å². The third kappa shape index (κ3) is 5.01. The van der Waals surface area contributed by atoms with Crippen molar-refractivity contribution in [3.8, 4) is 5.75 Å². The van der Waals surface area contributed by atoms with E-state index in [0.29, 0.717) is 4.83 Å². The Hall–Kier alpha value is -0.500. The lowest BCUT2D eigenvalue weighted by Crippen LogP contribution is -1.93. The van der Waals surface area contributed by atoms with E-state index in [4.69, 9.17) is 4.74 Å².